The van der Waals surface area contributed by atoms with Crippen molar-refractivity contribution < 1.29 is 62.5 Å². The number of aromatic amines is 1. The zero-order valence-electron chi connectivity index (χ0n) is 44.6. The highest BCUT2D eigenvalue weighted by Crippen LogP contribution is 2.33. The molecular weight excluding hydrogens is 1150 g/mol. The average molecular weight is 1210 g/mol. The average Bonchev–Trinajstić information content (AvgIpc) is 4.33. The van der Waals surface area contributed by atoms with Gasteiger partial charge >= 0.3 is 11.7 Å². The quantitative estimate of drug-likeness (QED) is 0.0255. The lowest BCUT2D eigenvalue weighted by molar-refractivity contribution is -0.134. The Kier molecular flexibility index (Phi) is 23.2. The number of aliphatic carboxylic acids is 1. The SMILES string of the molecule is CC(=O)N=c1sc(S(N)(=O)=O)nn1C.COc1ccccc1OCCNCC(O)COc1cccc2[nH]c3ccccc3c12.Cc1cccc(Nc2cc(Cl)nc(SCC(=O)O)n2)c1C.Nc1ncn([C@@H]2O[C@H](CO)[C@@H](O)[C@H]2O)c(=O)n1. The first-order valence-electron chi connectivity index (χ1n) is 24.5. The molecule has 4 aromatic carbocycles. The zero-order valence-corrected chi connectivity index (χ0v) is 47.8. The third kappa shape index (κ3) is 17.9. The van der Waals surface area contributed by atoms with Gasteiger partial charge in [-0.3, -0.25) is 14.2 Å². The van der Waals surface area contributed by atoms with E-state index in [0.717, 1.165) is 72.8 Å². The minimum Gasteiger partial charge on any atom is -0.493 e. The molecule has 5 atom stereocenters. The van der Waals surface area contributed by atoms with Crippen molar-refractivity contribution in [1.82, 2.24) is 44.6 Å². The van der Waals surface area contributed by atoms with Crippen LogP contribution >= 0.6 is 34.7 Å². The van der Waals surface area contributed by atoms with Crippen LogP contribution in [-0.2, 0) is 31.4 Å². The molecule has 1 aliphatic heterocycles. The Morgan fingerprint density at radius 1 is 0.976 bits per heavy atom. The fourth-order valence-corrected chi connectivity index (χ4v) is 9.87. The maximum absolute atomic E-state index is 11.5. The Labute approximate surface area is 481 Å². The summed E-state index contributed by atoms with van der Waals surface area (Å²) < 4.78 is 45.6. The number of nitrogens with two attached hydrogens (primary N) is 2. The number of carbonyl (C=O) groups excluding carboxylic acids is 1. The lowest BCUT2D eigenvalue weighted by atomic mass is 10.1. The minimum absolute atomic E-state index is 0.108. The first-order chi connectivity index (χ1) is 39.1. The number of halogens is 1. The van der Waals surface area contributed by atoms with Gasteiger partial charge in [0.15, 0.2) is 22.9 Å². The summed E-state index contributed by atoms with van der Waals surface area (Å²) in [4.78, 5) is 55.1. The van der Waals surface area contributed by atoms with Crippen molar-refractivity contribution in [3.05, 3.63) is 129 Å². The van der Waals surface area contributed by atoms with Crippen molar-refractivity contribution in [2.24, 2.45) is 17.2 Å². The Hall–Kier alpha value is -7.62. The Morgan fingerprint density at radius 2 is 1.67 bits per heavy atom. The first-order valence-corrected chi connectivity index (χ1v) is 28.2. The molecule has 1 amide bonds. The maximum Gasteiger partial charge on any atom is 0.354 e. The van der Waals surface area contributed by atoms with Gasteiger partial charge in [-0.15, -0.1) is 5.10 Å². The summed E-state index contributed by atoms with van der Waals surface area (Å²) in [5, 5.41) is 64.7. The second-order valence-corrected chi connectivity index (χ2v) is 21.5. The fraction of sp³-hybridized carbons (Fsp3) is 0.314. The Morgan fingerprint density at radius 3 is 2.34 bits per heavy atom. The number of hydrogen-bond donors (Lipinski definition) is 10. The molecule has 1 unspecified atom stereocenters. The number of nitrogens with one attached hydrogen (secondary N) is 3. The van der Waals surface area contributed by atoms with Crippen LogP contribution in [0.1, 0.15) is 24.3 Å². The topological polar surface area (TPSA) is 402 Å². The van der Waals surface area contributed by atoms with Crippen molar-refractivity contribution in [2.75, 3.05) is 56.8 Å². The third-order valence-corrected chi connectivity index (χ3v) is 14.8. The molecule has 4 aromatic heterocycles. The van der Waals surface area contributed by atoms with E-state index in [4.69, 9.17) is 51.6 Å². The van der Waals surface area contributed by atoms with Gasteiger partial charge in [0.2, 0.25) is 21.0 Å². The highest BCUT2D eigenvalue weighted by molar-refractivity contribution is 7.99. The smallest absolute Gasteiger partial charge is 0.354 e. The molecule has 1 saturated heterocycles. The second-order valence-electron chi connectivity index (χ2n) is 17.5. The molecule has 0 spiro atoms. The number of anilines is 3. The lowest BCUT2D eigenvalue weighted by Crippen LogP contribution is -2.36. The molecule has 12 N–H and O–H groups in total. The predicted octanol–water partition coefficient (Wildman–Crippen LogP) is 2.81. The predicted molar refractivity (Wildman–Crippen MR) is 306 cm³/mol. The van der Waals surface area contributed by atoms with Gasteiger partial charge in [0.1, 0.15) is 60.7 Å². The molecule has 438 valence electrons. The van der Waals surface area contributed by atoms with E-state index in [1.54, 1.807) is 13.2 Å². The van der Waals surface area contributed by atoms with Gasteiger partial charge in [-0.05, 0) is 61.4 Å². The summed E-state index contributed by atoms with van der Waals surface area (Å²) in [7, 11) is -0.727. The summed E-state index contributed by atoms with van der Waals surface area (Å²) in [6, 6.07) is 29.1. The number of para-hydroxylation sites is 3. The molecule has 9 rings (SSSR count). The van der Waals surface area contributed by atoms with Crippen LogP contribution in [0.15, 0.2) is 117 Å². The number of nitrogen functional groups attached to an aromatic ring is 1. The number of aromatic nitrogens is 8. The molecular formula is C51H60ClN13O14S3. The van der Waals surface area contributed by atoms with Gasteiger partial charge in [-0.2, -0.15) is 9.98 Å². The number of aryl methyl sites for hydroxylation is 2. The van der Waals surface area contributed by atoms with Crippen LogP contribution in [0.5, 0.6) is 17.2 Å². The van der Waals surface area contributed by atoms with Gasteiger partial charge in [0.05, 0.1) is 25.0 Å². The summed E-state index contributed by atoms with van der Waals surface area (Å²) in [6.07, 6.45) is -4.30. The lowest BCUT2D eigenvalue weighted by Gasteiger charge is -2.16. The number of carboxylic acids is 1. The van der Waals surface area contributed by atoms with Crippen LogP contribution in [0.4, 0.5) is 17.5 Å². The van der Waals surface area contributed by atoms with Crippen LogP contribution < -0.4 is 46.2 Å². The number of aliphatic hydroxyl groups excluding tert-OH is 4. The summed E-state index contributed by atoms with van der Waals surface area (Å²) in [5.74, 6) is 1.06. The molecule has 82 heavy (non-hydrogen) atoms. The zero-order chi connectivity index (χ0) is 59.7. The summed E-state index contributed by atoms with van der Waals surface area (Å²) in [5.41, 5.74) is 9.76. The van der Waals surface area contributed by atoms with Crippen molar-refractivity contribution >= 4 is 95.9 Å². The number of thioether (sulfide) groups is 1. The Bertz CT molecular complexity index is 3720. The normalized spacial score (nSPS) is 16.2. The first kappa shape index (κ1) is 63.6. The molecule has 5 heterocycles. The number of carboxylic acid groups (broad SMARTS) is 1. The van der Waals surface area contributed by atoms with Crippen molar-refractivity contribution in [3.63, 3.8) is 0 Å². The number of ether oxygens (including phenoxy) is 4. The van der Waals surface area contributed by atoms with E-state index >= 15 is 0 Å². The van der Waals surface area contributed by atoms with E-state index in [1.807, 2.05) is 92.7 Å². The van der Waals surface area contributed by atoms with Gasteiger partial charge in [-0.25, -0.2) is 38.0 Å². The van der Waals surface area contributed by atoms with Gasteiger partial charge in [0, 0.05) is 55.1 Å². The number of primary sulfonamides is 1. The van der Waals surface area contributed by atoms with Crippen LogP contribution in [0.3, 0.4) is 0 Å². The van der Waals surface area contributed by atoms with Gasteiger partial charge in [-0.1, -0.05) is 83.2 Å². The number of sulfonamides is 1. The molecule has 8 aromatic rings. The number of nitrogens with zero attached hydrogens (tertiary/aromatic N) is 8. The molecule has 1 fully saturated rings. The number of carbonyl (C=O) groups is 2. The molecule has 1 aliphatic rings. The van der Waals surface area contributed by atoms with Crippen molar-refractivity contribution in [2.45, 2.75) is 60.9 Å². The molecule has 0 aliphatic carbocycles. The summed E-state index contributed by atoms with van der Waals surface area (Å²) >= 11 is 7.73. The van der Waals surface area contributed by atoms with Crippen molar-refractivity contribution in [3.8, 4) is 17.2 Å². The molecule has 31 heteroatoms. The number of H-pyrrole nitrogens is 1. The molecule has 0 radical (unpaired) electrons. The largest absolute Gasteiger partial charge is 0.493 e. The molecule has 0 bridgehead atoms. The Balaban J connectivity index is 0.000000184. The van der Waals surface area contributed by atoms with Gasteiger partial charge in [0.25, 0.3) is 10.0 Å². The van der Waals surface area contributed by atoms with Gasteiger partial charge < -0.3 is 65.8 Å². The minimum atomic E-state index is -3.83. The number of aliphatic hydroxyl groups is 4. The number of hydrogen-bond acceptors (Lipinski definition) is 23. The van der Waals surface area contributed by atoms with E-state index in [9.17, 15) is 38.1 Å². The maximum atomic E-state index is 11.5. The third-order valence-electron chi connectivity index (χ3n) is 11.5. The van der Waals surface area contributed by atoms with Crippen LogP contribution in [0.2, 0.25) is 5.15 Å². The van der Waals surface area contributed by atoms with E-state index in [0.29, 0.717) is 42.2 Å². The number of benzene rings is 4. The van der Waals surface area contributed by atoms with Crippen molar-refractivity contribution in [1.29, 1.82) is 0 Å². The summed E-state index contributed by atoms with van der Waals surface area (Å²) in [6.45, 7) is 6.53. The number of rotatable bonds is 18. The standard InChI is InChI=1S/C24H26N2O4.C14H14ClN3O2S.C8H12N4O5.C5H8N4O3S2/c1-28-21-10-4-5-11-22(21)29-14-13-25-15-17(27)16-30-23-12-6-9-20-24(23)18-7-2-3-8-19(18)26-20;1-8-4-3-5-10(9(8)2)16-12-6-11(15)17-14(18-12)21-7-13(19)20;9-7-10-2-12(8(16)11-7)6-5(15)4(14)3(1-13)17-6;1-3(10)7-4-9(2)8-5(13-4)14(6,11)12/h2-12,17,25-27H,13-16H2,1H3;3-6H,7H2,1-2H3,(H,19,20)(H,16,17,18);2-6,13-15H,1H2,(H2,9,11,16);1-2H3,(H2,6,11,12)/t;;3-,4-,5-,6-;/m..1./s1. The molecule has 0 saturated carbocycles. The van der Waals surface area contributed by atoms with E-state index in [2.05, 4.69) is 51.7 Å². The second kappa shape index (κ2) is 29.9. The number of fused-ring (bicyclic) bond motifs is 3. The molecule has 27 nitrogen and oxygen atoms in total. The monoisotopic (exact) mass is 1210 g/mol. The highest BCUT2D eigenvalue weighted by atomic mass is 35.5. The van der Waals surface area contributed by atoms with Crippen LogP contribution in [0.25, 0.3) is 21.8 Å². The van der Waals surface area contributed by atoms with Crippen LogP contribution in [0, 0.1) is 13.8 Å². The van der Waals surface area contributed by atoms with Crippen LogP contribution in [-0.4, -0.2) is 155 Å². The number of methoxy groups -OCH3 is 1. The van der Waals surface area contributed by atoms with E-state index in [1.165, 1.54) is 24.2 Å². The fourth-order valence-electron chi connectivity index (χ4n) is 7.46. The number of amides is 1. The van der Waals surface area contributed by atoms with E-state index in [-0.39, 0.29) is 32.6 Å². The highest BCUT2D eigenvalue weighted by Gasteiger charge is 2.44. The van der Waals surface area contributed by atoms with E-state index < -0.39 is 64.8 Å².